The molecule has 5 heterocycles. The fourth-order valence-corrected chi connectivity index (χ4v) is 3.97. The summed E-state index contributed by atoms with van der Waals surface area (Å²) in [7, 11) is 0. The fourth-order valence-electron chi connectivity index (χ4n) is 3.97. The van der Waals surface area contributed by atoms with E-state index in [1.807, 2.05) is 22.8 Å². The lowest BCUT2D eigenvalue weighted by Crippen LogP contribution is -2.37. The molecule has 0 saturated heterocycles. The Morgan fingerprint density at radius 1 is 1.30 bits per heavy atom. The first-order valence-corrected chi connectivity index (χ1v) is 9.81. The zero-order valence-electron chi connectivity index (χ0n) is 16.8. The number of imidazole rings is 1. The highest BCUT2D eigenvalue weighted by Crippen LogP contribution is 2.38. The van der Waals surface area contributed by atoms with Crippen LogP contribution < -0.4 is 4.90 Å². The molecule has 1 atom stereocenters. The van der Waals surface area contributed by atoms with Crippen LogP contribution in [-0.4, -0.2) is 36.3 Å². The SMILES string of the molecule is CC(C)c1cccn2nc([C@H]3c4nc[nH]c4CCN3c3nnc(C(C)(F)F)o3)cc12. The van der Waals surface area contributed by atoms with Gasteiger partial charge in [0.2, 0.25) is 0 Å². The maximum absolute atomic E-state index is 13.7. The van der Waals surface area contributed by atoms with Crippen LogP contribution in [0.4, 0.5) is 14.8 Å². The second kappa shape index (κ2) is 6.61. The molecular formula is C20H21F2N7O. The first-order valence-electron chi connectivity index (χ1n) is 9.81. The lowest BCUT2D eigenvalue weighted by Gasteiger charge is -2.32. The third kappa shape index (κ3) is 2.94. The highest BCUT2D eigenvalue weighted by molar-refractivity contribution is 5.58. The predicted octanol–water partition coefficient (Wildman–Crippen LogP) is 3.83. The third-order valence-corrected chi connectivity index (χ3v) is 5.42. The van der Waals surface area contributed by atoms with Crippen molar-refractivity contribution in [3.63, 3.8) is 0 Å². The molecule has 0 saturated carbocycles. The number of hydrogen-bond donors (Lipinski definition) is 1. The number of hydrogen-bond acceptors (Lipinski definition) is 6. The van der Waals surface area contributed by atoms with Crippen LogP contribution >= 0.6 is 0 Å². The van der Waals surface area contributed by atoms with Crippen molar-refractivity contribution in [1.29, 1.82) is 0 Å². The van der Waals surface area contributed by atoms with E-state index in [0.29, 0.717) is 18.9 Å². The van der Waals surface area contributed by atoms with E-state index in [2.05, 4.69) is 40.1 Å². The molecule has 8 nitrogen and oxygen atoms in total. The Morgan fingerprint density at radius 3 is 2.87 bits per heavy atom. The van der Waals surface area contributed by atoms with Gasteiger partial charge in [0.15, 0.2) is 0 Å². The number of alkyl halides is 2. The minimum absolute atomic E-state index is 0.0336. The molecule has 10 heteroatoms. The molecule has 5 rings (SSSR count). The molecule has 0 aromatic carbocycles. The predicted molar refractivity (Wildman–Crippen MR) is 105 cm³/mol. The summed E-state index contributed by atoms with van der Waals surface area (Å²) in [6, 6.07) is 5.66. The number of H-pyrrole nitrogens is 1. The molecule has 0 fully saturated rings. The van der Waals surface area contributed by atoms with Gasteiger partial charge < -0.3 is 14.3 Å². The monoisotopic (exact) mass is 413 g/mol. The van der Waals surface area contributed by atoms with Crippen molar-refractivity contribution < 1.29 is 13.2 Å². The number of nitrogens with one attached hydrogen (secondary N) is 1. The van der Waals surface area contributed by atoms with Crippen molar-refractivity contribution in [1.82, 2.24) is 29.8 Å². The van der Waals surface area contributed by atoms with Gasteiger partial charge in [0.1, 0.15) is 6.04 Å². The van der Waals surface area contributed by atoms with Crippen molar-refractivity contribution in [2.75, 3.05) is 11.4 Å². The van der Waals surface area contributed by atoms with E-state index in [0.717, 1.165) is 29.5 Å². The average Bonchev–Trinajstić information content (AvgIpc) is 3.43. The highest BCUT2D eigenvalue weighted by Gasteiger charge is 2.38. The number of nitrogens with zero attached hydrogens (tertiary/aromatic N) is 6. The van der Waals surface area contributed by atoms with Gasteiger partial charge >= 0.3 is 11.9 Å². The quantitative estimate of drug-likeness (QED) is 0.547. The van der Waals surface area contributed by atoms with E-state index in [-0.39, 0.29) is 6.01 Å². The minimum atomic E-state index is -3.21. The largest absolute Gasteiger partial charge is 0.401 e. The Balaban J connectivity index is 1.64. The standard InChI is InChI=1S/C20H21F2N7O/c1-11(2)12-5-4-7-29-15(12)9-14(27-29)17-16-13(23-10-24-16)6-8-28(17)19-26-25-18(30-19)20(3,21)22/h4-5,7,9-11,17H,6,8H2,1-3H3,(H,23,24)/t17-/m0/s1. The van der Waals surface area contributed by atoms with E-state index in [1.165, 1.54) is 5.56 Å². The van der Waals surface area contributed by atoms with Gasteiger partial charge in [-0.1, -0.05) is 25.0 Å². The van der Waals surface area contributed by atoms with Crippen LogP contribution in [0.2, 0.25) is 0 Å². The van der Waals surface area contributed by atoms with Gasteiger partial charge in [0.05, 0.1) is 23.2 Å². The molecule has 1 N–H and O–H groups in total. The van der Waals surface area contributed by atoms with Crippen LogP contribution in [0.3, 0.4) is 0 Å². The van der Waals surface area contributed by atoms with Gasteiger partial charge in [-0.15, -0.1) is 5.10 Å². The summed E-state index contributed by atoms with van der Waals surface area (Å²) in [6.45, 7) is 5.50. The zero-order chi connectivity index (χ0) is 21.0. The molecule has 0 aliphatic carbocycles. The number of halogens is 2. The van der Waals surface area contributed by atoms with Crippen LogP contribution in [0.25, 0.3) is 5.52 Å². The molecule has 0 amide bonds. The highest BCUT2D eigenvalue weighted by atomic mass is 19.3. The van der Waals surface area contributed by atoms with Crippen LogP contribution in [0.5, 0.6) is 0 Å². The molecule has 4 aromatic heterocycles. The summed E-state index contributed by atoms with van der Waals surface area (Å²) in [5.74, 6) is -3.59. The van der Waals surface area contributed by atoms with Gasteiger partial charge in [0, 0.05) is 31.8 Å². The van der Waals surface area contributed by atoms with E-state index in [9.17, 15) is 8.78 Å². The minimum Gasteiger partial charge on any atom is -0.401 e. The number of anilines is 1. The Kier molecular flexibility index (Phi) is 4.12. The molecule has 0 spiro atoms. The summed E-state index contributed by atoms with van der Waals surface area (Å²) < 4.78 is 34.5. The number of aromatic amines is 1. The molecule has 30 heavy (non-hydrogen) atoms. The van der Waals surface area contributed by atoms with Gasteiger partial charge in [0.25, 0.3) is 5.89 Å². The summed E-state index contributed by atoms with van der Waals surface area (Å²) in [6.07, 6.45) is 4.18. The molecule has 0 radical (unpaired) electrons. The number of pyridine rings is 1. The number of aromatic nitrogens is 6. The lowest BCUT2D eigenvalue weighted by atomic mass is 9.99. The van der Waals surface area contributed by atoms with Gasteiger partial charge in [-0.25, -0.2) is 9.50 Å². The number of fused-ring (bicyclic) bond motifs is 2. The maximum atomic E-state index is 13.7. The van der Waals surface area contributed by atoms with Crippen molar-refractivity contribution in [3.8, 4) is 0 Å². The summed E-state index contributed by atoms with van der Waals surface area (Å²) in [5, 5.41) is 12.2. The molecule has 1 aliphatic rings. The maximum Gasteiger partial charge on any atom is 0.321 e. The summed E-state index contributed by atoms with van der Waals surface area (Å²) in [4.78, 5) is 9.45. The second-order valence-electron chi connectivity index (χ2n) is 7.91. The second-order valence-corrected chi connectivity index (χ2v) is 7.91. The average molecular weight is 413 g/mol. The zero-order valence-corrected chi connectivity index (χ0v) is 16.8. The number of rotatable bonds is 4. The first-order chi connectivity index (χ1) is 14.3. The lowest BCUT2D eigenvalue weighted by molar-refractivity contribution is -0.0107. The van der Waals surface area contributed by atoms with Gasteiger partial charge in [-0.05, 0) is 23.6 Å². The van der Waals surface area contributed by atoms with Crippen LogP contribution in [-0.2, 0) is 12.3 Å². The molecule has 0 bridgehead atoms. The Morgan fingerprint density at radius 2 is 2.13 bits per heavy atom. The van der Waals surface area contributed by atoms with Crippen LogP contribution in [0.1, 0.15) is 61.3 Å². The third-order valence-electron chi connectivity index (χ3n) is 5.42. The normalized spacial score (nSPS) is 17.1. The Bertz CT molecular complexity index is 1200. The smallest absolute Gasteiger partial charge is 0.321 e. The molecule has 0 unspecified atom stereocenters. The van der Waals surface area contributed by atoms with Crippen LogP contribution in [0.15, 0.2) is 35.1 Å². The van der Waals surface area contributed by atoms with Gasteiger partial charge in [-0.2, -0.15) is 13.9 Å². The molecule has 156 valence electrons. The first kappa shape index (κ1) is 18.7. The Labute approximate surface area is 170 Å². The van der Waals surface area contributed by atoms with E-state index >= 15 is 0 Å². The summed E-state index contributed by atoms with van der Waals surface area (Å²) >= 11 is 0. The fraction of sp³-hybridized carbons (Fsp3) is 0.400. The van der Waals surface area contributed by atoms with Crippen molar-refractivity contribution in [3.05, 3.63) is 59.3 Å². The van der Waals surface area contributed by atoms with Crippen molar-refractivity contribution >= 4 is 11.5 Å². The van der Waals surface area contributed by atoms with E-state index in [4.69, 9.17) is 9.52 Å². The molecular weight excluding hydrogens is 392 g/mol. The van der Waals surface area contributed by atoms with Crippen molar-refractivity contribution in [2.45, 2.75) is 45.1 Å². The van der Waals surface area contributed by atoms with E-state index in [1.54, 1.807) is 11.2 Å². The topological polar surface area (TPSA) is 88.1 Å². The van der Waals surface area contributed by atoms with Crippen molar-refractivity contribution in [2.24, 2.45) is 0 Å². The summed E-state index contributed by atoms with van der Waals surface area (Å²) in [5.41, 5.74) is 4.67. The Hall–Kier alpha value is -3.30. The van der Waals surface area contributed by atoms with Crippen LogP contribution in [0, 0.1) is 0 Å². The molecule has 4 aromatic rings. The van der Waals surface area contributed by atoms with E-state index < -0.39 is 17.9 Å². The van der Waals surface area contributed by atoms with Gasteiger partial charge in [-0.3, -0.25) is 0 Å². The molecule has 1 aliphatic heterocycles.